The molecule has 112 valence electrons. The van der Waals surface area contributed by atoms with E-state index in [4.69, 9.17) is 4.74 Å². The SMILES string of the molecule is CCCN(CC1CCCCC1)C(=O)CNCCOC. The molecule has 1 fully saturated rings. The second-order valence-corrected chi connectivity index (χ2v) is 5.51. The van der Waals surface area contributed by atoms with Gasteiger partial charge in [0.15, 0.2) is 0 Å². The van der Waals surface area contributed by atoms with Gasteiger partial charge in [-0.3, -0.25) is 4.79 Å². The maximum Gasteiger partial charge on any atom is 0.236 e. The molecule has 0 aromatic carbocycles. The number of methoxy groups -OCH3 is 1. The third-order valence-electron chi connectivity index (χ3n) is 3.81. The van der Waals surface area contributed by atoms with E-state index in [0.29, 0.717) is 13.2 Å². The summed E-state index contributed by atoms with van der Waals surface area (Å²) in [6, 6.07) is 0. The monoisotopic (exact) mass is 270 g/mol. The molecule has 0 radical (unpaired) electrons. The Bertz CT molecular complexity index is 240. The van der Waals surface area contributed by atoms with E-state index in [2.05, 4.69) is 17.1 Å². The Kier molecular flexibility index (Phi) is 8.84. The van der Waals surface area contributed by atoms with E-state index in [1.54, 1.807) is 7.11 Å². The molecule has 0 saturated heterocycles. The van der Waals surface area contributed by atoms with Crippen LogP contribution in [0.5, 0.6) is 0 Å². The highest BCUT2D eigenvalue weighted by Gasteiger charge is 2.19. The Hall–Kier alpha value is -0.610. The van der Waals surface area contributed by atoms with Crippen LogP contribution in [0.15, 0.2) is 0 Å². The van der Waals surface area contributed by atoms with Crippen molar-refractivity contribution >= 4 is 5.91 Å². The van der Waals surface area contributed by atoms with E-state index >= 15 is 0 Å². The molecular formula is C15H30N2O2. The summed E-state index contributed by atoms with van der Waals surface area (Å²) in [6.07, 6.45) is 7.68. The normalized spacial score (nSPS) is 16.5. The summed E-state index contributed by atoms with van der Waals surface area (Å²) in [5.74, 6) is 0.965. The van der Waals surface area contributed by atoms with Crippen LogP contribution in [-0.2, 0) is 9.53 Å². The van der Waals surface area contributed by atoms with Gasteiger partial charge in [0.05, 0.1) is 13.2 Å². The van der Waals surface area contributed by atoms with Crippen LogP contribution in [0, 0.1) is 5.92 Å². The molecule has 0 aliphatic heterocycles. The molecule has 4 nitrogen and oxygen atoms in total. The first kappa shape index (κ1) is 16.4. The number of nitrogens with zero attached hydrogens (tertiary/aromatic N) is 1. The zero-order chi connectivity index (χ0) is 13.9. The first-order chi connectivity index (χ1) is 9.27. The maximum atomic E-state index is 12.2. The highest BCUT2D eigenvalue weighted by molar-refractivity contribution is 5.78. The van der Waals surface area contributed by atoms with Crippen LogP contribution < -0.4 is 5.32 Å². The Balaban J connectivity index is 2.30. The Morgan fingerprint density at radius 3 is 2.68 bits per heavy atom. The lowest BCUT2D eigenvalue weighted by molar-refractivity contribution is -0.131. The number of amides is 1. The van der Waals surface area contributed by atoms with Crippen LogP contribution in [0.4, 0.5) is 0 Å². The second-order valence-electron chi connectivity index (χ2n) is 5.51. The summed E-state index contributed by atoms with van der Waals surface area (Å²) in [4.78, 5) is 14.2. The zero-order valence-corrected chi connectivity index (χ0v) is 12.6. The van der Waals surface area contributed by atoms with Crippen LogP contribution in [-0.4, -0.2) is 50.7 Å². The van der Waals surface area contributed by atoms with Crippen molar-refractivity contribution in [3.63, 3.8) is 0 Å². The molecule has 4 heteroatoms. The lowest BCUT2D eigenvalue weighted by atomic mass is 9.89. The van der Waals surface area contributed by atoms with Crippen LogP contribution in [0.25, 0.3) is 0 Å². The highest BCUT2D eigenvalue weighted by atomic mass is 16.5. The zero-order valence-electron chi connectivity index (χ0n) is 12.6. The van der Waals surface area contributed by atoms with Gasteiger partial charge in [0.1, 0.15) is 0 Å². The fraction of sp³-hybridized carbons (Fsp3) is 0.933. The number of carbonyl (C=O) groups excluding carboxylic acids is 1. The molecule has 0 aromatic heterocycles. The van der Waals surface area contributed by atoms with Gasteiger partial charge in [-0.15, -0.1) is 0 Å². The molecule has 0 heterocycles. The summed E-state index contributed by atoms with van der Waals surface area (Å²) in [7, 11) is 1.68. The van der Waals surface area contributed by atoms with Gasteiger partial charge in [0, 0.05) is 26.7 Å². The van der Waals surface area contributed by atoms with Crippen molar-refractivity contribution in [3.8, 4) is 0 Å². The van der Waals surface area contributed by atoms with Gasteiger partial charge in [-0.1, -0.05) is 26.2 Å². The molecule has 1 saturated carbocycles. The Morgan fingerprint density at radius 1 is 1.32 bits per heavy atom. The minimum Gasteiger partial charge on any atom is -0.383 e. The van der Waals surface area contributed by atoms with Crippen LogP contribution in [0.2, 0.25) is 0 Å². The van der Waals surface area contributed by atoms with Gasteiger partial charge < -0.3 is 15.0 Å². The van der Waals surface area contributed by atoms with Crippen molar-refractivity contribution in [2.75, 3.05) is 39.9 Å². The minimum absolute atomic E-state index is 0.239. The van der Waals surface area contributed by atoms with Gasteiger partial charge in [0.25, 0.3) is 0 Å². The topological polar surface area (TPSA) is 41.6 Å². The lowest BCUT2D eigenvalue weighted by Gasteiger charge is -2.29. The standard InChI is InChI=1S/C15H30N2O2/c1-3-10-17(13-14-7-5-4-6-8-14)15(18)12-16-9-11-19-2/h14,16H,3-13H2,1-2H3. The summed E-state index contributed by atoms with van der Waals surface area (Å²) >= 11 is 0. The van der Waals surface area contributed by atoms with Crippen molar-refractivity contribution in [1.29, 1.82) is 0 Å². The predicted molar refractivity (Wildman–Crippen MR) is 78.2 cm³/mol. The van der Waals surface area contributed by atoms with Gasteiger partial charge in [-0.2, -0.15) is 0 Å². The van der Waals surface area contributed by atoms with Crippen LogP contribution >= 0.6 is 0 Å². The molecule has 1 rings (SSSR count). The van der Waals surface area contributed by atoms with Gasteiger partial charge >= 0.3 is 0 Å². The van der Waals surface area contributed by atoms with E-state index < -0.39 is 0 Å². The Morgan fingerprint density at radius 2 is 2.05 bits per heavy atom. The van der Waals surface area contributed by atoms with Crippen molar-refractivity contribution in [2.45, 2.75) is 45.4 Å². The number of ether oxygens (including phenoxy) is 1. The van der Waals surface area contributed by atoms with Crippen molar-refractivity contribution < 1.29 is 9.53 Å². The molecule has 1 amide bonds. The van der Waals surface area contributed by atoms with Crippen molar-refractivity contribution in [2.24, 2.45) is 5.92 Å². The van der Waals surface area contributed by atoms with E-state index in [9.17, 15) is 4.79 Å². The number of hydrogen-bond donors (Lipinski definition) is 1. The summed E-state index contributed by atoms with van der Waals surface area (Å²) in [5.41, 5.74) is 0. The molecule has 1 N–H and O–H groups in total. The number of carbonyl (C=O) groups is 1. The van der Waals surface area contributed by atoms with E-state index in [-0.39, 0.29) is 5.91 Å². The number of hydrogen-bond acceptors (Lipinski definition) is 3. The average molecular weight is 270 g/mol. The van der Waals surface area contributed by atoms with Crippen molar-refractivity contribution in [3.05, 3.63) is 0 Å². The fourth-order valence-corrected chi connectivity index (χ4v) is 2.75. The second kappa shape index (κ2) is 10.2. The van der Waals surface area contributed by atoms with Crippen molar-refractivity contribution in [1.82, 2.24) is 10.2 Å². The fourth-order valence-electron chi connectivity index (χ4n) is 2.75. The van der Waals surface area contributed by atoms with E-state index in [0.717, 1.165) is 32.0 Å². The Labute approximate surface area is 117 Å². The molecule has 1 aliphatic carbocycles. The molecule has 19 heavy (non-hydrogen) atoms. The molecule has 0 unspecified atom stereocenters. The third-order valence-corrected chi connectivity index (χ3v) is 3.81. The lowest BCUT2D eigenvalue weighted by Crippen LogP contribution is -2.42. The smallest absolute Gasteiger partial charge is 0.236 e. The molecule has 1 aliphatic rings. The van der Waals surface area contributed by atoms with Gasteiger partial charge in [-0.25, -0.2) is 0 Å². The molecule has 0 bridgehead atoms. The number of rotatable bonds is 9. The predicted octanol–water partition coefficient (Wildman–Crippen LogP) is 2.04. The van der Waals surface area contributed by atoms with Gasteiger partial charge in [-0.05, 0) is 25.2 Å². The van der Waals surface area contributed by atoms with E-state index in [1.165, 1.54) is 32.1 Å². The summed E-state index contributed by atoms with van der Waals surface area (Å²) in [6.45, 7) is 5.82. The highest BCUT2D eigenvalue weighted by Crippen LogP contribution is 2.24. The number of nitrogens with one attached hydrogen (secondary N) is 1. The average Bonchev–Trinajstić information content (AvgIpc) is 2.44. The molecule has 0 atom stereocenters. The molecular weight excluding hydrogens is 240 g/mol. The minimum atomic E-state index is 0.239. The molecule has 0 aromatic rings. The third kappa shape index (κ3) is 6.92. The first-order valence-corrected chi connectivity index (χ1v) is 7.75. The van der Waals surface area contributed by atoms with Crippen LogP contribution in [0.1, 0.15) is 45.4 Å². The van der Waals surface area contributed by atoms with Crippen LogP contribution in [0.3, 0.4) is 0 Å². The largest absolute Gasteiger partial charge is 0.383 e. The van der Waals surface area contributed by atoms with Gasteiger partial charge in [0.2, 0.25) is 5.91 Å². The summed E-state index contributed by atoms with van der Waals surface area (Å²) in [5, 5.41) is 3.15. The first-order valence-electron chi connectivity index (χ1n) is 7.75. The van der Waals surface area contributed by atoms with E-state index in [1.807, 2.05) is 0 Å². The molecule has 0 spiro atoms. The maximum absolute atomic E-state index is 12.2. The quantitative estimate of drug-likeness (QED) is 0.652. The summed E-state index contributed by atoms with van der Waals surface area (Å²) < 4.78 is 4.97.